The van der Waals surface area contributed by atoms with Crippen molar-refractivity contribution in [2.75, 3.05) is 27.3 Å². The van der Waals surface area contributed by atoms with Crippen LogP contribution >= 0.6 is 0 Å². The molecule has 0 radical (unpaired) electrons. The van der Waals surface area contributed by atoms with Crippen LogP contribution in [-0.4, -0.2) is 58.8 Å². The first-order chi connectivity index (χ1) is 8.86. The molecule has 0 aliphatic heterocycles. The van der Waals surface area contributed by atoms with Gasteiger partial charge in [-0.3, -0.25) is 14.9 Å². The molecule has 8 nitrogen and oxygen atoms in total. The minimum Gasteiger partial charge on any atom is -0.389 e. The van der Waals surface area contributed by atoms with Gasteiger partial charge in [0.1, 0.15) is 5.69 Å². The first-order valence-electron chi connectivity index (χ1n) is 5.60. The molecule has 1 N–H and O–H groups in total. The summed E-state index contributed by atoms with van der Waals surface area (Å²) in [5.74, 6) is -0.397. The number of hydrogen-bond donors (Lipinski definition) is 1. The number of aromatic nitrogens is 1. The predicted octanol–water partition coefficient (Wildman–Crippen LogP) is 0.0126. The third-order valence-electron chi connectivity index (χ3n) is 2.61. The van der Waals surface area contributed by atoms with Crippen molar-refractivity contribution in [2.45, 2.75) is 6.10 Å². The van der Waals surface area contributed by atoms with Gasteiger partial charge in [-0.05, 0) is 0 Å². The molecule has 8 heteroatoms. The summed E-state index contributed by atoms with van der Waals surface area (Å²) in [4.78, 5) is 23.4. The molecule has 19 heavy (non-hydrogen) atoms. The van der Waals surface area contributed by atoms with Crippen LogP contribution < -0.4 is 0 Å². The molecule has 0 spiro atoms. The van der Waals surface area contributed by atoms with Crippen molar-refractivity contribution in [3.63, 3.8) is 0 Å². The average Bonchev–Trinajstić information content (AvgIpc) is 2.70. The number of nitro groups is 1. The normalized spacial score (nSPS) is 12.2. The Morgan fingerprint density at radius 3 is 2.79 bits per heavy atom. The topological polar surface area (TPSA) is 97.8 Å². The van der Waals surface area contributed by atoms with Crippen molar-refractivity contribution in [1.82, 2.24) is 9.47 Å². The lowest BCUT2D eigenvalue weighted by Crippen LogP contribution is -2.36. The molecule has 1 heterocycles. The Morgan fingerprint density at radius 1 is 1.68 bits per heavy atom. The lowest BCUT2D eigenvalue weighted by atomic mass is 10.3. The van der Waals surface area contributed by atoms with Crippen molar-refractivity contribution < 1.29 is 19.6 Å². The Bertz CT molecular complexity index is 471. The van der Waals surface area contributed by atoms with E-state index in [1.54, 1.807) is 7.05 Å². The van der Waals surface area contributed by atoms with Gasteiger partial charge in [-0.1, -0.05) is 0 Å². The van der Waals surface area contributed by atoms with Crippen molar-refractivity contribution in [2.24, 2.45) is 7.05 Å². The van der Waals surface area contributed by atoms with Gasteiger partial charge in [-0.25, -0.2) is 0 Å². The van der Waals surface area contributed by atoms with Crippen LogP contribution in [0.3, 0.4) is 0 Å². The Morgan fingerprint density at radius 2 is 2.32 bits per heavy atom. The molecule has 1 aromatic rings. The molecule has 1 unspecified atom stereocenters. The minimum atomic E-state index is -0.797. The number of amides is 1. The summed E-state index contributed by atoms with van der Waals surface area (Å²) in [5.41, 5.74) is 0.0514. The molecular weight excluding hydrogens is 254 g/mol. The zero-order chi connectivity index (χ0) is 14.6. The second-order valence-corrected chi connectivity index (χ2v) is 4.25. The fourth-order valence-corrected chi connectivity index (χ4v) is 1.70. The van der Waals surface area contributed by atoms with Gasteiger partial charge in [-0.15, -0.1) is 0 Å². The van der Waals surface area contributed by atoms with Gasteiger partial charge >= 0.3 is 0 Å². The third-order valence-corrected chi connectivity index (χ3v) is 2.61. The molecule has 106 valence electrons. The summed E-state index contributed by atoms with van der Waals surface area (Å²) in [6.45, 7) is 0.205. The second kappa shape index (κ2) is 6.30. The number of aliphatic hydroxyl groups excluding tert-OH is 1. The van der Waals surface area contributed by atoms with E-state index in [1.165, 1.54) is 35.9 Å². The fraction of sp³-hybridized carbons (Fsp3) is 0.545. The highest BCUT2D eigenvalue weighted by atomic mass is 16.6. The van der Waals surface area contributed by atoms with Gasteiger partial charge in [0, 0.05) is 33.8 Å². The summed E-state index contributed by atoms with van der Waals surface area (Å²) in [6.07, 6.45) is 0.473. The quantitative estimate of drug-likeness (QED) is 0.580. The Labute approximate surface area is 110 Å². The summed E-state index contributed by atoms with van der Waals surface area (Å²) < 4.78 is 6.16. The van der Waals surface area contributed by atoms with Crippen molar-refractivity contribution in [3.8, 4) is 0 Å². The molecule has 1 atom stereocenters. The minimum absolute atomic E-state index is 0.0889. The van der Waals surface area contributed by atoms with E-state index in [1.807, 2.05) is 0 Å². The Kier molecular flexibility index (Phi) is 5.02. The lowest BCUT2D eigenvalue weighted by Gasteiger charge is -2.20. The highest BCUT2D eigenvalue weighted by Crippen LogP contribution is 2.16. The van der Waals surface area contributed by atoms with Crippen LogP contribution in [0.1, 0.15) is 10.5 Å². The molecular formula is C11H17N3O5. The number of rotatable bonds is 6. The number of methoxy groups -OCH3 is 1. The Hall–Kier alpha value is -1.93. The van der Waals surface area contributed by atoms with Gasteiger partial charge in [0.25, 0.3) is 11.6 Å². The van der Waals surface area contributed by atoms with Gasteiger partial charge in [0.15, 0.2) is 0 Å². The molecule has 0 aliphatic carbocycles. The van der Waals surface area contributed by atoms with Crippen LogP contribution in [0.4, 0.5) is 5.69 Å². The van der Waals surface area contributed by atoms with Crippen LogP contribution in [0.25, 0.3) is 0 Å². The molecule has 1 aromatic heterocycles. The van der Waals surface area contributed by atoms with Crippen LogP contribution in [-0.2, 0) is 11.8 Å². The number of carbonyl (C=O) groups excluding carboxylic acids is 1. The summed E-state index contributed by atoms with van der Waals surface area (Å²) >= 11 is 0. The van der Waals surface area contributed by atoms with E-state index in [0.717, 1.165) is 0 Å². The third kappa shape index (κ3) is 3.76. The van der Waals surface area contributed by atoms with Crippen LogP contribution in [0.2, 0.25) is 0 Å². The van der Waals surface area contributed by atoms with Crippen molar-refractivity contribution in [1.29, 1.82) is 0 Å². The first-order valence-corrected chi connectivity index (χ1v) is 5.60. The molecule has 0 saturated carbocycles. The number of aryl methyl sites for hydroxylation is 1. The van der Waals surface area contributed by atoms with Crippen LogP contribution in [0.5, 0.6) is 0 Å². The van der Waals surface area contributed by atoms with E-state index in [0.29, 0.717) is 0 Å². The van der Waals surface area contributed by atoms with Gasteiger partial charge in [0.2, 0.25) is 0 Å². The summed E-state index contributed by atoms with van der Waals surface area (Å²) in [6, 6.07) is 1.21. The second-order valence-electron chi connectivity index (χ2n) is 4.25. The maximum atomic E-state index is 12.1. The SMILES string of the molecule is COCC(O)CN(C)C(=O)c1cc([N+](=O)[O-])cn1C. The maximum absolute atomic E-state index is 12.1. The zero-order valence-electron chi connectivity index (χ0n) is 11.1. The van der Waals surface area contributed by atoms with E-state index >= 15 is 0 Å². The zero-order valence-corrected chi connectivity index (χ0v) is 11.1. The number of carbonyl (C=O) groups is 1. The molecule has 0 aliphatic rings. The number of likely N-dealkylation sites (N-methyl/N-ethyl adjacent to an activating group) is 1. The first kappa shape index (κ1) is 15.1. The predicted molar refractivity (Wildman–Crippen MR) is 66.9 cm³/mol. The Balaban J connectivity index is 2.79. The largest absolute Gasteiger partial charge is 0.389 e. The van der Waals surface area contributed by atoms with E-state index in [2.05, 4.69) is 0 Å². The number of nitrogens with zero attached hydrogens (tertiary/aromatic N) is 3. The highest BCUT2D eigenvalue weighted by Gasteiger charge is 2.21. The number of hydrogen-bond acceptors (Lipinski definition) is 5. The van der Waals surface area contributed by atoms with E-state index < -0.39 is 16.9 Å². The lowest BCUT2D eigenvalue weighted by molar-refractivity contribution is -0.384. The smallest absolute Gasteiger partial charge is 0.287 e. The van der Waals surface area contributed by atoms with Gasteiger partial charge < -0.3 is 19.3 Å². The van der Waals surface area contributed by atoms with Gasteiger partial charge in [0.05, 0.1) is 23.8 Å². The highest BCUT2D eigenvalue weighted by molar-refractivity contribution is 5.93. The monoisotopic (exact) mass is 271 g/mol. The maximum Gasteiger partial charge on any atom is 0.287 e. The number of aliphatic hydroxyl groups is 1. The molecule has 1 rings (SSSR count). The summed E-state index contributed by atoms with van der Waals surface area (Å²) in [7, 11) is 4.52. The van der Waals surface area contributed by atoms with E-state index in [9.17, 15) is 20.0 Å². The average molecular weight is 271 g/mol. The van der Waals surface area contributed by atoms with E-state index in [-0.39, 0.29) is 24.5 Å². The van der Waals surface area contributed by atoms with Crippen LogP contribution in [0, 0.1) is 10.1 Å². The van der Waals surface area contributed by atoms with Crippen LogP contribution in [0.15, 0.2) is 12.3 Å². The van der Waals surface area contributed by atoms with E-state index in [4.69, 9.17) is 4.74 Å². The molecule has 0 bridgehead atoms. The van der Waals surface area contributed by atoms with Gasteiger partial charge in [-0.2, -0.15) is 0 Å². The summed E-state index contributed by atoms with van der Waals surface area (Å²) in [5, 5.41) is 20.2. The molecule has 0 aromatic carbocycles. The van der Waals surface area contributed by atoms with Crippen molar-refractivity contribution in [3.05, 3.63) is 28.1 Å². The number of ether oxygens (including phenoxy) is 1. The molecule has 0 saturated heterocycles. The fourth-order valence-electron chi connectivity index (χ4n) is 1.70. The molecule has 1 amide bonds. The van der Waals surface area contributed by atoms with Crippen molar-refractivity contribution >= 4 is 11.6 Å². The molecule has 0 fully saturated rings. The standard InChI is InChI=1S/C11H17N3O5/c1-12-5-8(14(17)18)4-10(12)11(16)13(2)6-9(15)7-19-3/h4-5,9,15H,6-7H2,1-3H3.